The first-order chi connectivity index (χ1) is 14.0. The van der Waals surface area contributed by atoms with Gasteiger partial charge in [0.05, 0.1) is 19.7 Å². The molecule has 0 radical (unpaired) electrons. The second kappa shape index (κ2) is 10.6. The van der Waals surface area contributed by atoms with Gasteiger partial charge in [0.15, 0.2) is 0 Å². The van der Waals surface area contributed by atoms with Crippen LogP contribution in [-0.4, -0.2) is 30.4 Å². The lowest BCUT2D eigenvalue weighted by Crippen LogP contribution is -2.18. The zero-order chi connectivity index (χ0) is 21.2. The van der Waals surface area contributed by atoms with Gasteiger partial charge < -0.3 is 24.5 Å². The van der Waals surface area contributed by atoms with Crippen LogP contribution in [0.25, 0.3) is 10.9 Å². The average Bonchev–Trinajstić information content (AvgIpc) is 2.75. The van der Waals surface area contributed by atoms with E-state index < -0.39 is 0 Å². The lowest BCUT2D eigenvalue weighted by Gasteiger charge is -2.10. The molecule has 0 amide bonds. The number of allylic oxidation sites excluding steroid dienone is 1. The van der Waals surface area contributed by atoms with E-state index in [1.165, 1.54) is 10.6 Å². The molecule has 0 atom stereocenters. The fourth-order valence-corrected chi connectivity index (χ4v) is 2.71. The Morgan fingerprint density at radius 3 is 2.41 bits per heavy atom. The third-order valence-corrected chi connectivity index (χ3v) is 4.13. The summed E-state index contributed by atoms with van der Waals surface area (Å²) in [4.78, 5) is 11.8. The molecule has 0 saturated carbocycles. The number of aromatic nitrogens is 1. The van der Waals surface area contributed by atoms with Crippen molar-refractivity contribution in [2.75, 3.05) is 26.1 Å². The van der Waals surface area contributed by atoms with E-state index in [0.717, 1.165) is 18.0 Å². The summed E-state index contributed by atoms with van der Waals surface area (Å²) < 4.78 is 11.7. The third kappa shape index (κ3) is 5.65. The lowest BCUT2D eigenvalue weighted by atomic mass is 10.2. The molecule has 6 heteroatoms. The molecule has 0 aliphatic heterocycles. The van der Waals surface area contributed by atoms with Gasteiger partial charge in [-0.05, 0) is 24.3 Å². The molecule has 6 nitrogen and oxygen atoms in total. The van der Waals surface area contributed by atoms with E-state index >= 15 is 0 Å². The zero-order valence-electron chi connectivity index (χ0n) is 16.7. The molecule has 0 saturated heterocycles. The summed E-state index contributed by atoms with van der Waals surface area (Å²) in [6.45, 7) is 8.40. The van der Waals surface area contributed by atoms with E-state index in [1.807, 2.05) is 30.3 Å². The maximum atomic E-state index is 11.8. The van der Waals surface area contributed by atoms with Gasteiger partial charge in [0.2, 0.25) is 0 Å². The molecule has 152 valence electrons. The zero-order valence-corrected chi connectivity index (χ0v) is 16.7. The minimum absolute atomic E-state index is 0.0204. The van der Waals surface area contributed by atoms with E-state index in [4.69, 9.17) is 9.47 Å². The van der Waals surface area contributed by atoms with Crippen molar-refractivity contribution >= 4 is 16.6 Å². The number of pyridine rings is 1. The number of hydrogen-bond acceptors (Lipinski definition) is 5. The molecule has 1 aromatic heterocycles. The Balaban J connectivity index is 0.000000221. The number of methoxy groups -OCH3 is 2. The van der Waals surface area contributed by atoms with Crippen molar-refractivity contribution in [3.05, 3.63) is 84.2 Å². The van der Waals surface area contributed by atoms with E-state index in [-0.39, 0.29) is 11.3 Å². The normalized spacial score (nSPS) is 9.86. The van der Waals surface area contributed by atoms with Crippen molar-refractivity contribution in [3.63, 3.8) is 0 Å². The highest BCUT2D eigenvalue weighted by Crippen LogP contribution is 2.26. The number of nitrogens with zero attached hydrogens (tertiary/aromatic N) is 1. The van der Waals surface area contributed by atoms with Crippen LogP contribution < -0.4 is 20.3 Å². The van der Waals surface area contributed by atoms with Gasteiger partial charge in [-0.2, -0.15) is 0 Å². The molecule has 29 heavy (non-hydrogen) atoms. The molecular weight excluding hydrogens is 368 g/mol. The standard InChI is InChI=1S/C13H13NO3.C10H13NO/c1-3-6-14-11-7-9(17-2)4-5-10(11)12(15)8-13(14)16;1-3-7-11-9-5-4-6-10(8-9)12-2/h3-5,7-8,15H,1,6H2,2H3;3-6,8,11H,1,7H2,2H3. The fourth-order valence-electron chi connectivity index (χ4n) is 2.71. The number of hydrogen-bond donors (Lipinski definition) is 2. The van der Waals surface area contributed by atoms with Crippen LogP contribution in [0, 0.1) is 0 Å². The van der Waals surface area contributed by atoms with Gasteiger partial charge in [-0.15, -0.1) is 13.2 Å². The van der Waals surface area contributed by atoms with E-state index in [2.05, 4.69) is 18.5 Å². The Kier molecular flexibility index (Phi) is 7.91. The predicted molar refractivity (Wildman–Crippen MR) is 118 cm³/mol. The monoisotopic (exact) mass is 394 g/mol. The molecule has 0 unspecified atom stereocenters. The van der Waals surface area contributed by atoms with Gasteiger partial charge in [0.1, 0.15) is 17.2 Å². The van der Waals surface area contributed by atoms with Gasteiger partial charge in [-0.25, -0.2) is 0 Å². The Hall–Kier alpha value is -3.67. The van der Waals surface area contributed by atoms with Gasteiger partial charge in [0.25, 0.3) is 5.56 Å². The summed E-state index contributed by atoms with van der Waals surface area (Å²) in [6, 6.07) is 14.2. The molecule has 0 bridgehead atoms. The molecule has 0 spiro atoms. The Bertz CT molecular complexity index is 1040. The molecular formula is C23H26N2O4. The first-order valence-electron chi connectivity index (χ1n) is 9.04. The molecule has 0 aliphatic carbocycles. The Morgan fingerprint density at radius 2 is 1.76 bits per heavy atom. The molecule has 3 aromatic rings. The molecule has 2 N–H and O–H groups in total. The SMILES string of the molecule is C=CCNc1cccc(OC)c1.C=CCn1c(=O)cc(O)c2ccc(OC)cc21. The first-order valence-corrected chi connectivity index (χ1v) is 9.04. The summed E-state index contributed by atoms with van der Waals surface area (Å²) in [6.07, 6.45) is 3.46. The lowest BCUT2D eigenvalue weighted by molar-refractivity contribution is 0.415. The minimum atomic E-state index is -0.261. The Morgan fingerprint density at radius 1 is 1.03 bits per heavy atom. The largest absolute Gasteiger partial charge is 0.507 e. The van der Waals surface area contributed by atoms with E-state index in [1.54, 1.807) is 38.5 Å². The summed E-state index contributed by atoms with van der Waals surface area (Å²) in [5, 5.41) is 13.5. The van der Waals surface area contributed by atoms with Gasteiger partial charge >= 0.3 is 0 Å². The molecule has 1 heterocycles. The molecule has 2 aromatic carbocycles. The van der Waals surface area contributed by atoms with Crippen LogP contribution in [-0.2, 0) is 6.54 Å². The van der Waals surface area contributed by atoms with Crippen LogP contribution in [0.1, 0.15) is 0 Å². The Labute approximate surface area is 170 Å². The average molecular weight is 394 g/mol. The number of fused-ring (bicyclic) bond motifs is 1. The number of rotatable bonds is 7. The van der Waals surface area contributed by atoms with Crippen molar-refractivity contribution in [3.8, 4) is 17.2 Å². The minimum Gasteiger partial charge on any atom is -0.507 e. The van der Waals surface area contributed by atoms with Crippen molar-refractivity contribution < 1.29 is 14.6 Å². The predicted octanol–water partition coefficient (Wildman–Crippen LogP) is 4.19. The topological polar surface area (TPSA) is 72.7 Å². The van der Waals surface area contributed by atoms with Crippen molar-refractivity contribution in [1.82, 2.24) is 4.57 Å². The van der Waals surface area contributed by atoms with Gasteiger partial charge in [0, 0.05) is 42.4 Å². The first kappa shape index (κ1) is 21.6. The van der Waals surface area contributed by atoms with Crippen LogP contribution in [0.3, 0.4) is 0 Å². The summed E-state index contributed by atoms with van der Waals surface area (Å²) in [5.74, 6) is 1.48. The van der Waals surface area contributed by atoms with Crippen LogP contribution >= 0.6 is 0 Å². The van der Waals surface area contributed by atoms with Gasteiger partial charge in [-0.3, -0.25) is 4.79 Å². The van der Waals surface area contributed by atoms with E-state index in [0.29, 0.717) is 23.2 Å². The highest BCUT2D eigenvalue weighted by molar-refractivity contribution is 5.86. The smallest absolute Gasteiger partial charge is 0.255 e. The number of ether oxygens (including phenoxy) is 2. The van der Waals surface area contributed by atoms with Crippen molar-refractivity contribution in [2.45, 2.75) is 6.54 Å². The van der Waals surface area contributed by atoms with Crippen LogP contribution in [0.15, 0.2) is 78.6 Å². The maximum Gasteiger partial charge on any atom is 0.255 e. The summed E-state index contributed by atoms with van der Waals surface area (Å²) in [7, 11) is 3.21. The van der Waals surface area contributed by atoms with E-state index in [9.17, 15) is 9.90 Å². The molecule has 0 aliphatic rings. The summed E-state index contributed by atoms with van der Waals surface area (Å²) in [5.41, 5.74) is 1.42. The fraction of sp³-hybridized carbons (Fsp3) is 0.174. The van der Waals surface area contributed by atoms with Crippen molar-refractivity contribution in [1.29, 1.82) is 0 Å². The second-order valence-corrected chi connectivity index (χ2v) is 6.05. The number of anilines is 1. The van der Waals surface area contributed by atoms with Crippen molar-refractivity contribution in [2.24, 2.45) is 0 Å². The highest BCUT2D eigenvalue weighted by Gasteiger charge is 2.08. The van der Waals surface area contributed by atoms with Gasteiger partial charge in [-0.1, -0.05) is 18.2 Å². The van der Waals surface area contributed by atoms with Crippen LogP contribution in [0.2, 0.25) is 0 Å². The summed E-state index contributed by atoms with van der Waals surface area (Å²) >= 11 is 0. The second-order valence-electron chi connectivity index (χ2n) is 6.05. The number of nitrogens with one attached hydrogen (secondary N) is 1. The molecule has 0 fully saturated rings. The quantitative estimate of drug-likeness (QED) is 0.588. The van der Waals surface area contributed by atoms with Crippen LogP contribution in [0.4, 0.5) is 5.69 Å². The third-order valence-electron chi connectivity index (χ3n) is 4.13. The molecule has 3 rings (SSSR count). The number of aromatic hydroxyl groups is 1. The van der Waals surface area contributed by atoms with Crippen LogP contribution in [0.5, 0.6) is 17.2 Å². The number of benzene rings is 2. The highest BCUT2D eigenvalue weighted by atomic mass is 16.5. The maximum absolute atomic E-state index is 11.8.